The van der Waals surface area contributed by atoms with Crippen LogP contribution >= 0.6 is 0 Å². The van der Waals surface area contributed by atoms with Crippen molar-refractivity contribution in [2.75, 3.05) is 6.26 Å². The summed E-state index contributed by atoms with van der Waals surface area (Å²) in [6.45, 7) is 1.71. The number of hydrogen-bond acceptors (Lipinski definition) is 5. The molecular formula is C13H13N3O3S. The van der Waals surface area contributed by atoms with Crippen LogP contribution in [-0.4, -0.2) is 24.5 Å². The van der Waals surface area contributed by atoms with Gasteiger partial charge in [-0.3, -0.25) is 0 Å². The summed E-state index contributed by atoms with van der Waals surface area (Å²) in [6, 6.07) is 8.13. The summed E-state index contributed by atoms with van der Waals surface area (Å²) >= 11 is 0. The van der Waals surface area contributed by atoms with Gasteiger partial charge in [0.1, 0.15) is 17.4 Å². The van der Waals surface area contributed by atoms with Crippen LogP contribution in [0.4, 0.5) is 0 Å². The lowest BCUT2D eigenvalue weighted by molar-refractivity contribution is 0.428. The van der Waals surface area contributed by atoms with Gasteiger partial charge in [-0.2, -0.15) is 10.4 Å². The number of aryl methyl sites for hydroxylation is 2. The SMILES string of the molecule is Cc1nn(C)c(Oc2cccc(S(C)(=O)=O)c2)c1C#N. The maximum Gasteiger partial charge on any atom is 0.235 e. The molecule has 20 heavy (non-hydrogen) atoms. The average Bonchev–Trinajstić information content (AvgIpc) is 2.63. The molecule has 1 heterocycles. The van der Waals surface area contributed by atoms with Crippen molar-refractivity contribution < 1.29 is 13.2 Å². The lowest BCUT2D eigenvalue weighted by Crippen LogP contribution is -1.99. The Labute approximate surface area is 117 Å². The van der Waals surface area contributed by atoms with Gasteiger partial charge in [0.15, 0.2) is 9.84 Å². The second-order valence-corrected chi connectivity index (χ2v) is 6.37. The van der Waals surface area contributed by atoms with Crippen LogP contribution in [0.1, 0.15) is 11.3 Å². The molecule has 0 atom stereocenters. The molecule has 2 aromatic rings. The minimum atomic E-state index is -3.31. The van der Waals surface area contributed by atoms with Gasteiger partial charge >= 0.3 is 0 Å². The highest BCUT2D eigenvalue weighted by Gasteiger charge is 2.16. The zero-order valence-corrected chi connectivity index (χ0v) is 12.1. The molecule has 2 rings (SSSR count). The van der Waals surface area contributed by atoms with Gasteiger partial charge in [0.2, 0.25) is 5.88 Å². The summed E-state index contributed by atoms with van der Waals surface area (Å²) in [7, 11) is -1.65. The predicted molar refractivity (Wildman–Crippen MR) is 72.3 cm³/mol. The molecular weight excluding hydrogens is 278 g/mol. The minimum absolute atomic E-state index is 0.160. The Morgan fingerprint density at radius 2 is 2.10 bits per heavy atom. The largest absolute Gasteiger partial charge is 0.438 e. The summed E-state index contributed by atoms with van der Waals surface area (Å²) in [6.07, 6.45) is 1.13. The van der Waals surface area contributed by atoms with Crippen LogP contribution in [0.15, 0.2) is 29.2 Å². The zero-order chi connectivity index (χ0) is 14.9. The van der Waals surface area contributed by atoms with Crippen LogP contribution in [0.25, 0.3) is 0 Å². The molecule has 7 heteroatoms. The number of ether oxygens (including phenoxy) is 1. The third-order valence-corrected chi connectivity index (χ3v) is 3.84. The van der Waals surface area contributed by atoms with Crippen molar-refractivity contribution in [3.8, 4) is 17.7 Å². The van der Waals surface area contributed by atoms with Crippen molar-refractivity contribution in [3.63, 3.8) is 0 Å². The fourth-order valence-corrected chi connectivity index (χ4v) is 2.42. The van der Waals surface area contributed by atoms with Crippen LogP contribution in [0.2, 0.25) is 0 Å². The zero-order valence-electron chi connectivity index (χ0n) is 11.3. The maximum absolute atomic E-state index is 11.5. The second-order valence-electron chi connectivity index (χ2n) is 4.35. The van der Waals surface area contributed by atoms with Crippen LogP contribution in [0, 0.1) is 18.3 Å². The van der Waals surface area contributed by atoms with Gasteiger partial charge in [-0.25, -0.2) is 13.1 Å². The summed E-state index contributed by atoms with van der Waals surface area (Å²) < 4.78 is 30.1. The number of benzene rings is 1. The van der Waals surface area contributed by atoms with Gasteiger partial charge in [0.25, 0.3) is 0 Å². The van der Waals surface area contributed by atoms with E-state index in [4.69, 9.17) is 10.00 Å². The van der Waals surface area contributed by atoms with E-state index in [-0.39, 0.29) is 10.8 Å². The molecule has 0 aliphatic heterocycles. The Balaban J connectivity index is 2.44. The van der Waals surface area contributed by atoms with Gasteiger partial charge in [0, 0.05) is 13.3 Å². The van der Waals surface area contributed by atoms with Gasteiger partial charge in [-0.15, -0.1) is 0 Å². The molecule has 0 amide bonds. The highest BCUT2D eigenvalue weighted by atomic mass is 32.2. The van der Waals surface area contributed by atoms with Crippen LogP contribution < -0.4 is 4.74 Å². The third kappa shape index (κ3) is 2.65. The van der Waals surface area contributed by atoms with E-state index >= 15 is 0 Å². The summed E-state index contributed by atoms with van der Waals surface area (Å²) in [5.41, 5.74) is 0.890. The average molecular weight is 291 g/mol. The molecule has 104 valence electrons. The molecule has 1 aromatic carbocycles. The van der Waals surface area contributed by atoms with Crippen molar-refractivity contribution in [2.45, 2.75) is 11.8 Å². The molecule has 0 saturated heterocycles. The van der Waals surface area contributed by atoms with Gasteiger partial charge < -0.3 is 4.74 Å². The normalized spacial score (nSPS) is 11.1. The number of aromatic nitrogens is 2. The molecule has 0 aliphatic rings. The minimum Gasteiger partial charge on any atom is -0.438 e. The number of nitrogens with zero attached hydrogens (tertiary/aromatic N) is 3. The first kappa shape index (κ1) is 14.1. The lowest BCUT2D eigenvalue weighted by atomic mass is 10.3. The Bertz CT molecular complexity index is 801. The van der Waals surface area contributed by atoms with Crippen LogP contribution in [0.3, 0.4) is 0 Å². The van der Waals surface area contributed by atoms with E-state index in [1.807, 2.05) is 6.07 Å². The van der Waals surface area contributed by atoms with Gasteiger partial charge in [-0.05, 0) is 25.1 Å². The molecule has 0 bridgehead atoms. The summed E-state index contributed by atoms with van der Waals surface area (Å²) in [5, 5.41) is 13.2. The summed E-state index contributed by atoms with van der Waals surface area (Å²) in [4.78, 5) is 0.160. The molecule has 1 aromatic heterocycles. The van der Waals surface area contributed by atoms with Crippen molar-refractivity contribution >= 4 is 9.84 Å². The van der Waals surface area contributed by atoms with Crippen molar-refractivity contribution in [3.05, 3.63) is 35.5 Å². The van der Waals surface area contributed by atoms with E-state index in [1.165, 1.54) is 16.8 Å². The molecule has 0 radical (unpaired) electrons. The standard InChI is InChI=1S/C13H13N3O3S/c1-9-12(8-14)13(16(2)15-9)19-10-5-4-6-11(7-10)20(3,17)18/h4-7H,1-3H3. The number of sulfone groups is 1. The molecule has 0 spiro atoms. The maximum atomic E-state index is 11.5. The second kappa shape index (κ2) is 4.98. The monoisotopic (exact) mass is 291 g/mol. The van der Waals surface area contributed by atoms with Crippen molar-refractivity contribution in [2.24, 2.45) is 7.05 Å². The van der Waals surface area contributed by atoms with E-state index in [0.29, 0.717) is 17.0 Å². The third-order valence-electron chi connectivity index (χ3n) is 2.73. The topological polar surface area (TPSA) is 85.0 Å². The van der Waals surface area contributed by atoms with Gasteiger partial charge in [0.05, 0.1) is 10.6 Å². The predicted octanol–water partition coefficient (Wildman–Crippen LogP) is 1.80. The Hall–Kier alpha value is -2.33. The lowest BCUT2D eigenvalue weighted by Gasteiger charge is -2.07. The van der Waals surface area contributed by atoms with Crippen molar-refractivity contribution in [1.29, 1.82) is 5.26 Å². The number of hydrogen-bond donors (Lipinski definition) is 0. The quantitative estimate of drug-likeness (QED) is 0.860. The molecule has 0 N–H and O–H groups in total. The highest BCUT2D eigenvalue weighted by molar-refractivity contribution is 7.90. The van der Waals surface area contributed by atoms with E-state index in [0.717, 1.165) is 6.26 Å². The molecule has 6 nitrogen and oxygen atoms in total. The van der Waals surface area contributed by atoms with E-state index in [2.05, 4.69) is 5.10 Å². The first-order valence-corrected chi connectivity index (χ1v) is 7.63. The van der Waals surface area contributed by atoms with Crippen molar-refractivity contribution in [1.82, 2.24) is 9.78 Å². The highest BCUT2D eigenvalue weighted by Crippen LogP contribution is 2.27. The van der Waals surface area contributed by atoms with Crippen LogP contribution in [0.5, 0.6) is 11.6 Å². The molecule has 0 unspecified atom stereocenters. The van der Waals surface area contributed by atoms with Gasteiger partial charge in [-0.1, -0.05) is 6.07 Å². The van der Waals surface area contributed by atoms with E-state index < -0.39 is 9.84 Å². The fraction of sp³-hybridized carbons (Fsp3) is 0.231. The van der Waals surface area contributed by atoms with E-state index in [1.54, 1.807) is 26.1 Å². The Morgan fingerprint density at radius 3 is 2.70 bits per heavy atom. The molecule has 0 aliphatic carbocycles. The first-order chi connectivity index (χ1) is 9.32. The number of rotatable bonds is 3. The fourth-order valence-electron chi connectivity index (χ4n) is 1.76. The molecule has 0 saturated carbocycles. The van der Waals surface area contributed by atoms with Crippen LogP contribution in [-0.2, 0) is 16.9 Å². The van der Waals surface area contributed by atoms with E-state index in [9.17, 15) is 8.42 Å². The Kier molecular flexibility index (Phi) is 3.51. The smallest absolute Gasteiger partial charge is 0.235 e. The first-order valence-electron chi connectivity index (χ1n) is 5.74. The molecule has 0 fully saturated rings. The summed E-state index contributed by atoms with van der Waals surface area (Å²) in [5.74, 6) is 0.628. The Morgan fingerprint density at radius 1 is 1.40 bits per heavy atom. The number of nitriles is 1.